The standard InChI is InChI=1S/C7H4ClF2NO2/c8-3-4-1-5(9)7(11(12)13)6(10)2-4/h1-2H,3H2. The molecule has 1 aromatic carbocycles. The third-order valence-electron chi connectivity index (χ3n) is 1.41. The second-order valence-electron chi connectivity index (χ2n) is 2.30. The van der Waals surface area contributed by atoms with Crippen LogP contribution in [0, 0.1) is 21.7 Å². The van der Waals surface area contributed by atoms with E-state index in [2.05, 4.69) is 0 Å². The monoisotopic (exact) mass is 207 g/mol. The van der Waals surface area contributed by atoms with E-state index in [1.807, 2.05) is 0 Å². The van der Waals surface area contributed by atoms with E-state index in [9.17, 15) is 18.9 Å². The van der Waals surface area contributed by atoms with Crippen molar-refractivity contribution in [1.29, 1.82) is 0 Å². The van der Waals surface area contributed by atoms with E-state index >= 15 is 0 Å². The highest BCUT2D eigenvalue weighted by atomic mass is 35.5. The first-order valence-corrected chi connectivity index (χ1v) is 3.78. The van der Waals surface area contributed by atoms with Gasteiger partial charge in [0, 0.05) is 5.88 Å². The largest absolute Gasteiger partial charge is 0.340 e. The van der Waals surface area contributed by atoms with Crippen LogP contribution in [0.2, 0.25) is 0 Å². The summed E-state index contributed by atoms with van der Waals surface area (Å²) in [6.45, 7) is 0. The second-order valence-corrected chi connectivity index (χ2v) is 2.57. The lowest BCUT2D eigenvalue weighted by atomic mass is 10.2. The van der Waals surface area contributed by atoms with Gasteiger partial charge in [-0.05, 0) is 17.7 Å². The molecule has 0 N–H and O–H groups in total. The third kappa shape index (κ3) is 1.92. The van der Waals surface area contributed by atoms with E-state index in [1.165, 1.54) is 0 Å². The van der Waals surface area contributed by atoms with Crippen LogP contribution in [0.1, 0.15) is 5.56 Å². The van der Waals surface area contributed by atoms with E-state index in [0.717, 1.165) is 12.1 Å². The zero-order valence-corrected chi connectivity index (χ0v) is 7.02. The Morgan fingerprint density at radius 2 is 1.85 bits per heavy atom. The number of nitro benzene ring substituents is 1. The average Bonchev–Trinajstić information content (AvgIpc) is 2.02. The van der Waals surface area contributed by atoms with Crippen LogP contribution >= 0.6 is 11.6 Å². The predicted octanol–water partition coefficient (Wildman–Crippen LogP) is 2.61. The van der Waals surface area contributed by atoms with E-state index in [4.69, 9.17) is 11.6 Å². The summed E-state index contributed by atoms with van der Waals surface area (Å²) in [5.74, 6) is -2.51. The van der Waals surface area contributed by atoms with Gasteiger partial charge in [-0.15, -0.1) is 11.6 Å². The normalized spacial score (nSPS) is 10.1. The number of nitrogens with zero attached hydrogens (tertiary/aromatic N) is 1. The molecule has 0 radical (unpaired) electrons. The molecule has 0 spiro atoms. The maximum atomic E-state index is 12.8. The summed E-state index contributed by atoms with van der Waals surface area (Å²) in [6.07, 6.45) is 0. The Labute approximate surface area is 77.1 Å². The molecule has 0 saturated carbocycles. The molecule has 0 fully saturated rings. The molecule has 0 bridgehead atoms. The summed E-state index contributed by atoms with van der Waals surface area (Å²) in [6, 6.07) is 1.68. The van der Waals surface area contributed by atoms with Crippen molar-refractivity contribution in [2.45, 2.75) is 5.88 Å². The fourth-order valence-corrected chi connectivity index (χ4v) is 1.02. The molecule has 1 rings (SSSR count). The molecule has 0 aliphatic heterocycles. The molecule has 6 heteroatoms. The van der Waals surface area contributed by atoms with Gasteiger partial charge in [0.1, 0.15) is 0 Å². The van der Waals surface area contributed by atoms with E-state index < -0.39 is 22.2 Å². The molecule has 0 aromatic heterocycles. The molecule has 70 valence electrons. The molecule has 0 unspecified atom stereocenters. The minimum atomic E-state index is -1.21. The molecule has 13 heavy (non-hydrogen) atoms. The van der Waals surface area contributed by atoms with Gasteiger partial charge in [0.05, 0.1) is 4.92 Å². The summed E-state index contributed by atoms with van der Waals surface area (Å²) < 4.78 is 25.6. The van der Waals surface area contributed by atoms with Gasteiger partial charge < -0.3 is 0 Å². The van der Waals surface area contributed by atoms with Crippen LogP contribution in [0.4, 0.5) is 14.5 Å². The van der Waals surface area contributed by atoms with Gasteiger partial charge >= 0.3 is 5.69 Å². The van der Waals surface area contributed by atoms with Gasteiger partial charge in [0.25, 0.3) is 0 Å². The maximum absolute atomic E-state index is 12.8. The number of alkyl halides is 1. The van der Waals surface area contributed by atoms with Crippen LogP contribution < -0.4 is 0 Å². The first-order chi connectivity index (χ1) is 6.06. The van der Waals surface area contributed by atoms with E-state index in [1.54, 1.807) is 0 Å². The zero-order chi connectivity index (χ0) is 10.0. The average molecular weight is 208 g/mol. The lowest BCUT2D eigenvalue weighted by Gasteiger charge is -1.98. The molecule has 3 nitrogen and oxygen atoms in total. The predicted molar refractivity (Wildman–Crippen MR) is 42.6 cm³/mol. The number of hydrogen-bond donors (Lipinski definition) is 0. The number of halogens is 3. The lowest BCUT2D eigenvalue weighted by molar-refractivity contribution is -0.390. The topological polar surface area (TPSA) is 43.1 Å². The van der Waals surface area contributed by atoms with Crippen LogP contribution in [0.15, 0.2) is 12.1 Å². The highest BCUT2D eigenvalue weighted by Crippen LogP contribution is 2.23. The Bertz CT molecular complexity index is 333. The molecular weight excluding hydrogens is 204 g/mol. The zero-order valence-electron chi connectivity index (χ0n) is 6.26. The highest BCUT2D eigenvalue weighted by molar-refractivity contribution is 6.17. The van der Waals surface area contributed by atoms with E-state index in [-0.39, 0.29) is 11.4 Å². The van der Waals surface area contributed by atoms with Crippen molar-refractivity contribution in [3.63, 3.8) is 0 Å². The van der Waals surface area contributed by atoms with Crippen LogP contribution in [-0.4, -0.2) is 4.92 Å². The number of hydrogen-bond acceptors (Lipinski definition) is 2. The first kappa shape index (κ1) is 9.85. The number of rotatable bonds is 2. The Kier molecular flexibility index (Phi) is 2.77. The molecule has 0 aliphatic rings. The molecule has 0 aliphatic carbocycles. The SMILES string of the molecule is O=[N+]([O-])c1c(F)cc(CCl)cc1F. The van der Waals surface area contributed by atoms with Crippen molar-refractivity contribution in [2.24, 2.45) is 0 Å². The molecule has 0 saturated heterocycles. The van der Waals surface area contributed by atoms with Crippen molar-refractivity contribution in [1.82, 2.24) is 0 Å². The summed E-state index contributed by atoms with van der Waals surface area (Å²) in [4.78, 5) is 9.03. The molecule has 0 heterocycles. The van der Waals surface area contributed by atoms with Crippen LogP contribution in [0.25, 0.3) is 0 Å². The number of benzene rings is 1. The van der Waals surface area contributed by atoms with Gasteiger partial charge in [-0.1, -0.05) is 0 Å². The second kappa shape index (κ2) is 3.66. The summed E-state index contributed by atoms with van der Waals surface area (Å²) >= 11 is 5.30. The van der Waals surface area contributed by atoms with Crippen LogP contribution in [0.5, 0.6) is 0 Å². The van der Waals surface area contributed by atoms with Gasteiger partial charge in [-0.2, -0.15) is 8.78 Å². The van der Waals surface area contributed by atoms with Crippen molar-refractivity contribution in [2.75, 3.05) is 0 Å². The molecular formula is C7H4ClF2NO2. The maximum Gasteiger partial charge on any atom is 0.340 e. The van der Waals surface area contributed by atoms with Crippen molar-refractivity contribution < 1.29 is 13.7 Å². The molecule has 0 amide bonds. The lowest BCUT2D eigenvalue weighted by Crippen LogP contribution is -1.97. The summed E-state index contributed by atoms with van der Waals surface area (Å²) in [5.41, 5.74) is -0.976. The first-order valence-electron chi connectivity index (χ1n) is 3.24. The van der Waals surface area contributed by atoms with Crippen molar-refractivity contribution in [3.05, 3.63) is 39.4 Å². The van der Waals surface area contributed by atoms with E-state index in [0.29, 0.717) is 0 Å². The minimum absolute atomic E-state index is 0.0914. The fraction of sp³-hybridized carbons (Fsp3) is 0.143. The van der Waals surface area contributed by atoms with Crippen molar-refractivity contribution >= 4 is 17.3 Å². The Hall–Kier alpha value is -1.23. The molecule has 1 aromatic rings. The minimum Gasteiger partial charge on any atom is -0.258 e. The summed E-state index contributed by atoms with van der Waals surface area (Å²) in [5, 5.41) is 10.1. The van der Waals surface area contributed by atoms with Gasteiger partial charge in [-0.3, -0.25) is 10.1 Å². The van der Waals surface area contributed by atoms with Gasteiger partial charge in [0.15, 0.2) is 0 Å². The quantitative estimate of drug-likeness (QED) is 0.425. The summed E-state index contributed by atoms with van der Waals surface area (Å²) in [7, 11) is 0. The smallest absolute Gasteiger partial charge is 0.258 e. The Morgan fingerprint density at radius 1 is 1.38 bits per heavy atom. The Balaban J connectivity index is 3.31. The van der Waals surface area contributed by atoms with Crippen LogP contribution in [-0.2, 0) is 5.88 Å². The number of nitro groups is 1. The van der Waals surface area contributed by atoms with Crippen LogP contribution in [0.3, 0.4) is 0 Å². The molecule has 0 atom stereocenters. The highest BCUT2D eigenvalue weighted by Gasteiger charge is 2.21. The third-order valence-corrected chi connectivity index (χ3v) is 1.72. The van der Waals surface area contributed by atoms with Gasteiger partial charge in [0.2, 0.25) is 11.6 Å². The van der Waals surface area contributed by atoms with Gasteiger partial charge in [-0.25, -0.2) is 0 Å². The fourth-order valence-electron chi connectivity index (χ4n) is 0.870. The Morgan fingerprint density at radius 3 is 2.15 bits per heavy atom. The van der Waals surface area contributed by atoms with Crippen molar-refractivity contribution in [3.8, 4) is 0 Å².